The minimum absolute atomic E-state index is 0.0876. The Kier molecular flexibility index (Phi) is 4.63. The molecule has 106 valence electrons. The van der Waals surface area contributed by atoms with Gasteiger partial charge in [-0.2, -0.15) is 0 Å². The van der Waals surface area contributed by atoms with Gasteiger partial charge in [-0.05, 0) is 37.1 Å². The Bertz CT molecular complexity index is 590. The molecule has 2 rings (SSSR count). The number of nitrogen functional groups attached to an aromatic ring is 1. The Hall–Kier alpha value is -2.01. The highest BCUT2D eigenvalue weighted by Gasteiger charge is 2.15. The zero-order valence-electron chi connectivity index (χ0n) is 11.6. The highest BCUT2D eigenvalue weighted by atomic mass is 32.1. The average Bonchev–Trinajstić information content (AvgIpc) is 2.82. The molecule has 3 N–H and O–H groups in total. The van der Waals surface area contributed by atoms with Crippen LogP contribution < -0.4 is 15.8 Å². The number of carbonyl (C=O) groups excluding carboxylic acids is 1. The van der Waals surface area contributed by atoms with Gasteiger partial charge in [0.2, 0.25) is 0 Å². The molecule has 20 heavy (non-hydrogen) atoms. The van der Waals surface area contributed by atoms with Gasteiger partial charge in [-0.15, -0.1) is 11.3 Å². The number of benzene rings is 1. The maximum absolute atomic E-state index is 12.1. The van der Waals surface area contributed by atoms with E-state index in [0.29, 0.717) is 17.2 Å². The van der Waals surface area contributed by atoms with E-state index in [-0.39, 0.29) is 5.91 Å². The van der Waals surface area contributed by atoms with Gasteiger partial charge in [0.25, 0.3) is 5.91 Å². The van der Waals surface area contributed by atoms with E-state index < -0.39 is 0 Å². The Balaban J connectivity index is 1.90. The van der Waals surface area contributed by atoms with Crippen molar-refractivity contribution in [2.24, 2.45) is 0 Å². The van der Waals surface area contributed by atoms with E-state index >= 15 is 0 Å². The van der Waals surface area contributed by atoms with Gasteiger partial charge in [0.1, 0.15) is 10.6 Å². The van der Waals surface area contributed by atoms with Gasteiger partial charge in [0.05, 0.1) is 7.11 Å². The van der Waals surface area contributed by atoms with Crippen LogP contribution in [0.3, 0.4) is 0 Å². The molecular weight excluding hydrogens is 272 g/mol. The van der Waals surface area contributed by atoms with E-state index in [1.165, 1.54) is 11.3 Å². The van der Waals surface area contributed by atoms with Crippen molar-refractivity contribution < 1.29 is 9.53 Å². The number of aryl methyl sites for hydroxylation is 1. The molecule has 0 aliphatic heterocycles. The van der Waals surface area contributed by atoms with Crippen LogP contribution in [0, 0.1) is 6.92 Å². The predicted molar refractivity (Wildman–Crippen MR) is 82.5 cm³/mol. The number of thiophene rings is 1. The van der Waals surface area contributed by atoms with Crippen molar-refractivity contribution >= 4 is 22.9 Å². The van der Waals surface area contributed by atoms with Gasteiger partial charge < -0.3 is 15.8 Å². The number of methoxy groups -OCH3 is 1. The lowest BCUT2D eigenvalue weighted by Crippen LogP contribution is -2.25. The third-order valence-corrected chi connectivity index (χ3v) is 3.96. The summed E-state index contributed by atoms with van der Waals surface area (Å²) in [5.74, 6) is 0.549. The first-order valence-corrected chi connectivity index (χ1v) is 7.19. The number of hydrogen-bond donors (Lipinski definition) is 2. The van der Waals surface area contributed by atoms with E-state index in [0.717, 1.165) is 22.5 Å². The van der Waals surface area contributed by atoms with Gasteiger partial charge in [0, 0.05) is 17.1 Å². The van der Waals surface area contributed by atoms with Crippen LogP contribution in [0.5, 0.6) is 5.75 Å². The number of rotatable bonds is 5. The number of nitrogens with one attached hydrogen (secondary N) is 1. The van der Waals surface area contributed by atoms with Crippen LogP contribution in [-0.2, 0) is 6.42 Å². The Morgan fingerprint density at radius 1 is 1.35 bits per heavy atom. The summed E-state index contributed by atoms with van der Waals surface area (Å²) in [6, 6.07) is 9.54. The second-order valence-electron chi connectivity index (χ2n) is 4.50. The standard InChI is InChI=1S/C15H18N2O2S/c1-10-9-13(19-2)14(20-10)15(18)17-8-7-11-3-5-12(16)6-4-11/h3-6,9H,7-8,16H2,1-2H3,(H,17,18). The summed E-state index contributed by atoms with van der Waals surface area (Å²) < 4.78 is 5.20. The predicted octanol–water partition coefficient (Wildman–Crippen LogP) is 2.62. The number of hydrogen-bond acceptors (Lipinski definition) is 4. The third-order valence-electron chi connectivity index (χ3n) is 2.93. The molecule has 0 saturated heterocycles. The molecular formula is C15H18N2O2S. The molecule has 1 heterocycles. The summed E-state index contributed by atoms with van der Waals surface area (Å²) >= 11 is 1.44. The quantitative estimate of drug-likeness (QED) is 0.832. The molecule has 0 aliphatic carbocycles. The number of anilines is 1. The van der Waals surface area contributed by atoms with Crippen molar-refractivity contribution in [2.75, 3.05) is 19.4 Å². The third kappa shape index (κ3) is 3.51. The van der Waals surface area contributed by atoms with Gasteiger partial charge in [-0.3, -0.25) is 4.79 Å². The van der Waals surface area contributed by atoms with Crippen LogP contribution in [0.15, 0.2) is 30.3 Å². The van der Waals surface area contributed by atoms with Crippen molar-refractivity contribution in [3.8, 4) is 5.75 Å². The van der Waals surface area contributed by atoms with Gasteiger partial charge >= 0.3 is 0 Å². The fourth-order valence-electron chi connectivity index (χ4n) is 1.89. The van der Waals surface area contributed by atoms with Crippen LogP contribution in [0.25, 0.3) is 0 Å². The largest absolute Gasteiger partial charge is 0.495 e. The summed E-state index contributed by atoms with van der Waals surface area (Å²) in [4.78, 5) is 13.8. The highest BCUT2D eigenvalue weighted by molar-refractivity contribution is 7.14. The molecule has 0 saturated carbocycles. The van der Waals surface area contributed by atoms with Gasteiger partial charge in [0.15, 0.2) is 0 Å². The van der Waals surface area contributed by atoms with Crippen molar-refractivity contribution in [2.45, 2.75) is 13.3 Å². The smallest absolute Gasteiger partial charge is 0.265 e. The lowest BCUT2D eigenvalue weighted by molar-refractivity contribution is 0.0955. The molecule has 0 aliphatic rings. The molecule has 0 bridgehead atoms. The van der Waals surface area contributed by atoms with Crippen LogP contribution in [0.2, 0.25) is 0 Å². The molecule has 2 aromatic rings. The Morgan fingerprint density at radius 3 is 2.70 bits per heavy atom. The van der Waals surface area contributed by atoms with E-state index in [1.54, 1.807) is 7.11 Å². The number of carbonyl (C=O) groups is 1. The molecule has 1 amide bonds. The Labute approximate surface area is 122 Å². The van der Waals surface area contributed by atoms with Gasteiger partial charge in [-0.1, -0.05) is 12.1 Å². The molecule has 0 atom stereocenters. The monoisotopic (exact) mass is 290 g/mol. The first-order chi connectivity index (χ1) is 9.60. The first kappa shape index (κ1) is 14.4. The molecule has 0 unspecified atom stereocenters. The van der Waals surface area contributed by atoms with Crippen LogP contribution in [0.4, 0.5) is 5.69 Å². The van der Waals surface area contributed by atoms with Gasteiger partial charge in [-0.25, -0.2) is 0 Å². The molecule has 1 aromatic carbocycles. The maximum Gasteiger partial charge on any atom is 0.265 e. The fourth-order valence-corrected chi connectivity index (χ4v) is 2.78. The zero-order chi connectivity index (χ0) is 14.5. The second-order valence-corrected chi connectivity index (χ2v) is 5.76. The molecule has 4 nitrogen and oxygen atoms in total. The summed E-state index contributed by atoms with van der Waals surface area (Å²) in [5, 5.41) is 2.91. The number of amides is 1. The van der Waals surface area contributed by atoms with Crippen LogP contribution in [-0.4, -0.2) is 19.6 Å². The molecule has 0 fully saturated rings. The zero-order valence-corrected chi connectivity index (χ0v) is 12.4. The van der Waals surface area contributed by atoms with Crippen molar-refractivity contribution in [3.63, 3.8) is 0 Å². The lowest BCUT2D eigenvalue weighted by Gasteiger charge is -2.06. The average molecular weight is 290 g/mol. The van der Waals surface area contributed by atoms with Crippen molar-refractivity contribution in [3.05, 3.63) is 45.6 Å². The first-order valence-electron chi connectivity index (χ1n) is 6.37. The van der Waals surface area contributed by atoms with E-state index in [9.17, 15) is 4.79 Å². The summed E-state index contributed by atoms with van der Waals surface area (Å²) in [5.41, 5.74) is 7.53. The SMILES string of the molecule is COc1cc(C)sc1C(=O)NCCc1ccc(N)cc1. The maximum atomic E-state index is 12.1. The minimum Gasteiger partial charge on any atom is -0.495 e. The van der Waals surface area contributed by atoms with Crippen LogP contribution in [0.1, 0.15) is 20.1 Å². The summed E-state index contributed by atoms with van der Waals surface area (Å²) in [7, 11) is 1.58. The highest BCUT2D eigenvalue weighted by Crippen LogP contribution is 2.28. The fraction of sp³-hybridized carbons (Fsp3) is 0.267. The Morgan fingerprint density at radius 2 is 2.05 bits per heavy atom. The van der Waals surface area contributed by atoms with E-state index in [4.69, 9.17) is 10.5 Å². The van der Waals surface area contributed by atoms with Crippen molar-refractivity contribution in [1.29, 1.82) is 0 Å². The van der Waals surface area contributed by atoms with E-state index in [1.807, 2.05) is 37.3 Å². The van der Waals surface area contributed by atoms with Crippen LogP contribution >= 0.6 is 11.3 Å². The topological polar surface area (TPSA) is 64.3 Å². The normalized spacial score (nSPS) is 10.3. The van der Waals surface area contributed by atoms with E-state index in [2.05, 4.69) is 5.32 Å². The van der Waals surface area contributed by atoms with Crippen molar-refractivity contribution in [1.82, 2.24) is 5.32 Å². The molecule has 0 spiro atoms. The molecule has 0 radical (unpaired) electrons. The summed E-state index contributed by atoms with van der Waals surface area (Å²) in [6.07, 6.45) is 0.776. The lowest BCUT2D eigenvalue weighted by atomic mass is 10.1. The summed E-state index contributed by atoms with van der Waals surface area (Å²) in [6.45, 7) is 2.54. The second kappa shape index (κ2) is 6.43. The molecule has 1 aromatic heterocycles. The number of nitrogens with two attached hydrogens (primary N) is 1. The minimum atomic E-state index is -0.0876. The molecule has 5 heteroatoms. The number of ether oxygens (including phenoxy) is 1.